The molecule has 2 atom stereocenters. The molecule has 2 aliphatic rings. The average Bonchev–Trinajstić information content (AvgIpc) is 3.22. The quantitative estimate of drug-likeness (QED) is 0.910. The highest BCUT2D eigenvalue weighted by Crippen LogP contribution is 2.38. The van der Waals surface area contributed by atoms with Crippen LogP contribution in [0.5, 0.6) is 0 Å². The van der Waals surface area contributed by atoms with Crippen molar-refractivity contribution in [1.29, 1.82) is 0 Å². The van der Waals surface area contributed by atoms with Crippen molar-refractivity contribution in [2.45, 2.75) is 45.7 Å². The highest BCUT2D eigenvalue weighted by Gasteiger charge is 2.38. The average molecular weight is 293 g/mol. The van der Waals surface area contributed by atoms with E-state index in [1.54, 1.807) is 0 Å². The fraction of sp³-hybridized carbons (Fsp3) is 0.647. The van der Waals surface area contributed by atoms with Crippen LogP contribution in [-0.2, 0) is 0 Å². The van der Waals surface area contributed by atoms with Gasteiger partial charge in [-0.3, -0.25) is 0 Å². The SMILES string of the molecule is Cc1cccc(Cl)c1N1CC(C2CC2)NCC1C(C)C. The van der Waals surface area contributed by atoms with Crippen LogP contribution in [0, 0.1) is 18.8 Å². The molecule has 1 N–H and O–H groups in total. The Balaban J connectivity index is 1.92. The fourth-order valence-electron chi connectivity index (χ4n) is 3.45. The summed E-state index contributed by atoms with van der Waals surface area (Å²) in [5.74, 6) is 1.51. The van der Waals surface area contributed by atoms with Crippen LogP contribution >= 0.6 is 11.6 Å². The van der Waals surface area contributed by atoms with E-state index in [4.69, 9.17) is 11.6 Å². The molecule has 3 rings (SSSR count). The molecule has 1 aliphatic carbocycles. The van der Waals surface area contributed by atoms with E-state index in [1.807, 2.05) is 12.1 Å². The molecule has 2 nitrogen and oxygen atoms in total. The van der Waals surface area contributed by atoms with Gasteiger partial charge < -0.3 is 10.2 Å². The number of halogens is 1. The smallest absolute Gasteiger partial charge is 0.0642 e. The maximum atomic E-state index is 6.51. The van der Waals surface area contributed by atoms with E-state index in [-0.39, 0.29) is 0 Å². The van der Waals surface area contributed by atoms with E-state index >= 15 is 0 Å². The molecular formula is C17H25ClN2. The van der Waals surface area contributed by atoms with Gasteiger partial charge in [0.05, 0.1) is 10.7 Å². The Bertz CT molecular complexity index is 462. The van der Waals surface area contributed by atoms with Crippen LogP contribution < -0.4 is 10.2 Å². The molecule has 110 valence electrons. The maximum absolute atomic E-state index is 6.51. The molecule has 0 radical (unpaired) electrons. The summed E-state index contributed by atoms with van der Waals surface area (Å²) in [6, 6.07) is 7.41. The van der Waals surface area contributed by atoms with E-state index in [9.17, 15) is 0 Å². The minimum atomic E-state index is 0.531. The summed E-state index contributed by atoms with van der Waals surface area (Å²) in [6.45, 7) is 8.96. The minimum absolute atomic E-state index is 0.531. The third kappa shape index (κ3) is 2.68. The molecular weight excluding hydrogens is 268 g/mol. The monoisotopic (exact) mass is 292 g/mol. The topological polar surface area (TPSA) is 15.3 Å². The zero-order valence-electron chi connectivity index (χ0n) is 12.7. The number of nitrogens with zero attached hydrogens (tertiary/aromatic N) is 1. The van der Waals surface area contributed by atoms with Crippen molar-refractivity contribution in [1.82, 2.24) is 5.32 Å². The van der Waals surface area contributed by atoms with Gasteiger partial charge in [-0.1, -0.05) is 37.6 Å². The molecule has 1 aromatic carbocycles. The highest BCUT2D eigenvalue weighted by atomic mass is 35.5. The predicted octanol–water partition coefficient (Wildman–Crippen LogP) is 3.86. The Morgan fingerprint density at radius 2 is 2.05 bits per heavy atom. The lowest BCUT2D eigenvalue weighted by Gasteiger charge is -2.45. The summed E-state index contributed by atoms with van der Waals surface area (Å²) in [5.41, 5.74) is 2.54. The summed E-state index contributed by atoms with van der Waals surface area (Å²) in [5, 5.41) is 4.66. The summed E-state index contributed by atoms with van der Waals surface area (Å²) >= 11 is 6.51. The third-order valence-electron chi connectivity index (χ3n) is 4.82. The lowest BCUT2D eigenvalue weighted by molar-refractivity contribution is 0.320. The van der Waals surface area contributed by atoms with Gasteiger partial charge in [-0.15, -0.1) is 0 Å². The molecule has 1 aromatic rings. The number of rotatable bonds is 3. The molecule has 0 aromatic heterocycles. The second kappa shape index (κ2) is 5.57. The van der Waals surface area contributed by atoms with Crippen molar-refractivity contribution >= 4 is 17.3 Å². The number of anilines is 1. The highest BCUT2D eigenvalue weighted by molar-refractivity contribution is 6.33. The van der Waals surface area contributed by atoms with Gasteiger partial charge in [-0.2, -0.15) is 0 Å². The molecule has 1 heterocycles. The summed E-state index contributed by atoms with van der Waals surface area (Å²) in [7, 11) is 0. The molecule has 2 unspecified atom stereocenters. The Morgan fingerprint density at radius 3 is 2.65 bits per heavy atom. The van der Waals surface area contributed by atoms with Crippen LogP contribution in [0.4, 0.5) is 5.69 Å². The second-order valence-electron chi connectivity index (χ2n) is 6.72. The number of piperazine rings is 1. The molecule has 0 amide bonds. The van der Waals surface area contributed by atoms with E-state index in [1.165, 1.54) is 24.1 Å². The number of benzene rings is 1. The Morgan fingerprint density at radius 1 is 1.30 bits per heavy atom. The second-order valence-corrected chi connectivity index (χ2v) is 7.13. The van der Waals surface area contributed by atoms with Crippen molar-refractivity contribution < 1.29 is 0 Å². The first-order valence-corrected chi connectivity index (χ1v) is 8.21. The number of hydrogen-bond acceptors (Lipinski definition) is 2. The molecule has 2 fully saturated rings. The van der Waals surface area contributed by atoms with E-state index in [0.29, 0.717) is 18.0 Å². The van der Waals surface area contributed by atoms with Gasteiger partial charge in [0, 0.05) is 25.2 Å². The Hall–Kier alpha value is -0.730. The summed E-state index contributed by atoms with van der Waals surface area (Å²) in [4.78, 5) is 2.57. The number of aryl methyl sites for hydroxylation is 1. The Kier molecular flexibility index (Phi) is 3.96. The normalized spacial score (nSPS) is 27.1. The van der Waals surface area contributed by atoms with Crippen LogP contribution in [0.15, 0.2) is 18.2 Å². The van der Waals surface area contributed by atoms with Crippen molar-refractivity contribution in [3.05, 3.63) is 28.8 Å². The molecule has 1 saturated carbocycles. The summed E-state index contributed by atoms with van der Waals surface area (Å²) in [6.07, 6.45) is 2.78. The fourth-order valence-corrected chi connectivity index (χ4v) is 3.78. The van der Waals surface area contributed by atoms with Gasteiger partial charge in [-0.25, -0.2) is 0 Å². The van der Waals surface area contributed by atoms with E-state index < -0.39 is 0 Å². The third-order valence-corrected chi connectivity index (χ3v) is 5.12. The zero-order chi connectivity index (χ0) is 14.3. The molecule has 20 heavy (non-hydrogen) atoms. The van der Waals surface area contributed by atoms with E-state index in [0.717, 1.165) is 24.0 Å². The first-order chi connectivity index (χ1) is 9.58. The van der Waals surface area contributed by atoms with Gasteiger partial charge in [0.2, 0.25) is 0 Å². The van der Waals surface area contributed by atoms with Crippen LogP contribution in [0.2, 0.25) is 5.02 Å². The predicted molar refractivity (Wildman–Crippen MR) is 86.7 cm³/mol. The van der Waals surface area contributed by atoms with Crippen molar-refractivity contribution in [3.63, 3.8) is 0 Å². The van der Waals surface area contributed by atoms with Gasteiger partial charge in [-0.05, 0) is 43.2 Å². The van der Waals surface area contributed by atoms with Crippen molar-refractivity contribution in [3.8, 4) is 0 Å². The van der Waals surface area contributed by atoms with Gasteiger partial charge in [0.15, 0.2) is 0 Å². The molecule has 0 bridgehead atoms. The van der Waals surface area contributed by atoms with Crippen LogP contribution in [0.3, 0.4) is 0 Å². The zero-order valence-corrected chi connectivity index (χ0v) is 13.5. The largest absolute Gasteiger partial charge is 0.364 e. The van der Waals surface area contributed by atoms with Crippen LogP contribution in [0.25, 0.3) is 0 Å². The molecule has 1 aliphatic heterocycles. The molecule has 0 spiro atoms. The Labute approximate surface area is 127 Å². The van der Waals surface area contributed by atoms with Gasteiger partial charge in [0.1, 0.15) is 0 Å². The summed E-state index contributed by atoms with van der Waals surface area (Å²) < 4.78 is 0. The van der Waals surface area contributed by atoms with Gasteiger partial charge in [0.25, 0.3) is 0 Å². The van der Waals surface area contributed by atoms with Gasteiger partial charge >= 0.3 is 0 Å². The lowest BCUT2D eigenvalue weighted by Crippen LogP contribution is -2.59. The van der Waals surface area contributed by atoms with E-state index in [2.05, 4.69) is 37.1 Å². The lowest BCUT2D eigenvalue weighted by atomic mass is 9.95. The number of hydrogen-bond donors (Lipinski definition) is 1. The van der Waals surface area contributed by atoms with Crippen molar-refractivity contribution in [2.24, 2.45) is 11.8 Å². The van der Waals surface area contributed by atoms with Crippen molar-refractivity contribution in [2.75, 3.05) is 18.0 Å². The molecule has 3 heteroatoms. The number of para-hydroxylation sites is 1. The minimum Gasteiger partial charge on any atom is -0.364 e. The number of nitrogens with one attached hydrogen (secondary N) is 1. The first-order valence-electron chi connectivity index (χ1n) is 7.83. The van der Waals surface area contributed by atoms with Crippen LogP contribution in [-0.4, -0.2) is 25.2 Å². The van der Waals surface area contributed by atoms with Crippen LogP contribution in [0.1, 0.15) is 32.3 Å². The molecule has 1 saturated heterocycles. The standard InChI is InChI=1S/C17H25ClN2/c1-11(2)16-9-19-15(13-7-8-13)10-20(16)17-12(3)5-4-6-14(17)18/h4-6,11,13,15-16,19H,7-10H2,1-3H3. The first kappa shape index (κ1) is 14.2. The maximum Gasteiger partial charge on any atom is 0.0642 e.